The number of anilines is 1. The van der Waals surface area contributed by atoms with Gasteiger partial charge in [-0.05, 0) is 43.0 Å². The summed E-state index contributed by atoms with van der Waals surface area (Å²) in [5.74, 6) is 0.422. The number of amides is 1. The van der Waals surface area contributed by atoms with E-state index in [0.29, 0.717) is 36.6 Å². The van der Waals surface area contributed by atoms with E-state index in [1.807, 2.05) is 31.2 Å². The summed E-state index contributed by atoms with van der Waals surface area (Å²) in [4.78, 5) is 12.9. The highest BCUT2D eigenvalue weighted by Gasteiger charge is 2.33. The van der Waals surface area contributed by atoms with Crippen molar-refractivity contribution in [3.63, 3.8) is 0 Å². The topological polar surface area (TPSA) is 84.9 Å². The monoisotopic (exact) mass is 432 g/mol. The Balaban J connectivity index is 1.70. The van der Waals surface area contributed by atoms with Gasteiger partial charge in [0.05, 0.1) is 31.6 Å². The minimum absolute atomic E-state index is 0.0552. The molecule has 1 amide bonds. The van der Waals surface area contributed by atoms with Crippen LogP contribution >= 0.6 is 0 Å². The van der Waals surface area contributed by atoms with Gasteiger partial charge in [-0.25, -0.2) is 12.7 Å². The summed E-state index contributed by atoms with van der Waals surface area (Å²) >= 11 is 0. The summed E-state index contributed by atoms with van der Waals surface area (Å²) in [6.45, 7) is 2.52. The second-order valence-electron chi connectivity index (χ2n) is 7.44. The minimum Gasteiger partial charge on any atom is -0.497 e. The van der Waals surface area contributed by atoms with Crippen LogP contribution < -0.4 is 14.8 Å². The van der Waals surface area contributed by atoms with E-state index in [9.17, 15) is 13.2 Å². The number of carbonyl (C=O) groups excluding carboxylic acids is 1. The van der Waals surface area contributed by atoms with Crippen LogP contribution in [0.15, 0.2) is 42.5 Å². The number of rotatable bonds is 7. The number of hydrogen-bond donors (Lipinski definition) is 1. The first-order chi connectivity index (χ1) is 14.3. The number of methoxy groups -OCH3 is 2. The van der Waals surface area contributed by atoms with Gasteiger partial charge in [-0.1, -0.05) is 24.3 Å². The lowest BCUT2D eigenvalue weighted by Gasteiger charge is -2.31. The first-order valence-electron chi connectivity index (χ1n) is 9.89. The zero-order chi connectivity index (χ0) is 21.7. The van der Waals surface area contributed by atoms with Gasteiger partial charge < -0.3 is 14.8 Å². The SMILES string of the molecule is COc1ccc(NC(=O)[C@H]2CCCN(S(=O)(=O)Cc3ccccc3C)C2)c(OC)c1. The molecule has 2 aromatic rings. The maximum absolute atomic E-state index is 13.0. The fourth-order valence-corrected chi connectivity index (χ4v) is 5.32. The second kappa shape index (κ2) is 9.49. The van der Waals surface area contributed by atoms with Crippen molar-refractivity contribution in [1.29, 1.82) is 0 Å². The van der Waals surface area contributed by atoms with Crippen molar-refractivity contribution in [3.8, 4) is 11.5 Å². The zero-order valence-corrected chi connectivity index (χ0v) is 18.4. The Hall–Kier alpha value is -2.58. The standard InChI is InChI=1S/C22H28N2O5S/c1-16-7-4-5-8-18(16)15-30(26,27)24-12-6-9-17(14-24)22(25)23-20-11-10-19(28-2)13-21(20)29-3/h4-5,7-8,10-11,13,17H,6,9,12,14-15H2,1-3H3,(H,23,25)/t17-/m0/s1. The normalized spacial score (nSPS) is 17.4. The van der Waals surface area contributed by atoms with Gasteiger partial charge in [-0.3, -0.25) is 4.79 Å². The van der Waals surface area contributed by atoms with Crippen molar-refractivity contribution in [2.75, 3.05) is 32.6 Å². The van der Waals surface area contributed by atoms with Crippen LogP contribution in [-0.4, -0.2) is 45.9 Å². The number of sulfonamides is 1. The predicted octanol–water partition coefficient (Wildman–Crippen LogP) is 3.19. The first kappa shape index (κ1) is 22.1. The Kier molecular flexibility index (Phi) is 6.99. The molecule has 162 valence electrons. The van der Waals surface area contributed by atoms with Gasteiger partial charge in [0.2, 0.25) is 15.9 Å². The molecule has 0 saturated carbocycles. The summed E-state index contributed by atoms with van der Waals surface area (Å²) in [5, 5.41) is 2.87. The van der Waals surface area contributed by atoms with E-state index >= 15 is 0 Å². The Morgan fingerprint density at radius 1 is 1.17 bits per heavy atom. The number of ether oxygens (including phenoxy) is 2. The molecule has 7 nitrogen and oxygen atoms in total. The van der Waals surface area contributed by atoms with E-state index in [4.69, 9.17) is 9.47 Å². The second-order valence-corrected chi connectivity index (χ2v) is 9.40. The number of nitrogens with zero attached hydrogens (tertiary/aromatic N) is 1. The van der Waals surface area contributed by atoms with Gasteiger partial charge in [0.15, 0.2) is 0 Å². The van der Waals surface area contributed by atoms with Gasteiger partial charge in [0, 0.05) is 19.2 Å². The summed E-state index contributed by atoms with van der Waals surface area (Å²) < 4.78 is 37.9. The summed E-state index contributed by atoms with van der Waals surface area (Å²) in [5.41, 5.74) is 2.26. The number of hydrogen-bond acceptors (Lipinski definition) is 5. The van der Waals surface area contributed by atoms with Crippen LogP contribution in [0.3, 0.4) is 0 Å². The quantitative estimate of drug-likeness (QED) is 0.726. The molecule has 0 aromatic heterocycles. The minimum atomic E-state index is -3.51. The highest BCUT2D eigenvalue weighted by atomic mass is 32.2. The molecule has 1 saturated heterocycles. The Morgan fingerprint density at radius 3 is 2.63 bits per heavy atom. The molecule has 1 heterocycles. The van der Waals surface area contributed by atoms with Crippen LogP contribution in [0.2, 0.25) is 0 Å². The van der Waals surface area contributed by atoms with Gasteiger partial charge >= 0.3 is 0 Å². The number of piperidine rings is 1. The molecule has 0 aliphatic carbocycles. The van der Waals surface area contributed by atoms with E-state index < -0.39 is 15.9 Å². The molecule has 8 heteroatoms. The number of nitrogens with one attached hydrogen (secondary N) is 1. The molecule has 0 radical (unpaired) electrons. The lowest BCUT2D eigenvalue weighted by atomic mass is 9.98. The number of benzene rings is 2. The average Bonchev–Trinajstić information content (AvgIpc) is 2.75. The maximum atomic E-state index is 13.0. The molecular weight excluding hydrogens is 404 g/mol. The van der Waals surface area contributed by atoms with Gasteiger partial charge in [-0.2, -0.15) is 0 Å². The molecule has 3 rings (SSSR count). The summed E-state index contributed by atoms with van der Waals surface area (Å²) in [7, 11) is -0.433. The van der Waals surface area contributed by atoms with E-state index in [1.54, 1.807) is 25.3 Å². The van der Waals surface area contributed by atoms with Crippen molar-refractivity contribution in [3.05, 3.63) is 53.6 Å². The van der Waals surface area contributed by atoms with Gasteiger partial charge in [0.1, 0.15) is 11.5 Å². The molecule has 1 aliphatic heterocycles. The molecule has 0 spiro atoms. The van der Waals surface area contributed by atoms with E-state index in [1.165, 1.54) is 11.4 Å². The van der Waals surface area contributed by atoms with E-state index in [0.717, 1.165) is 11.1 Å². The average molecular weight is 433 g/mol. The Morgan fingerprint density at radius 2 is 1.93 bits per heavy atom. The lowest BCUT2D eigenvalue weighted by Crippen LogP contribution is -2.44. The van der Waals surface area contributed by atoms with Crippen LogP contribution in [0.5, 0.6) is 11.5 Å². The maximum Gasteiger partial charge on any atom is 0.228 e. The van der Waals surface area contributed by atoms with Gasteiger partial charge in [0.25, 0.3) is 0 Å². The van der Waals surface area contributed by atoms with Crippen molar-refractivity contribution >= 4 is 21.6 Å². The highest BCUT2D eigenvalue weighted by Crippen LogP contribution is 2.30. The number of aryl methyl sites for hydroxylation is 1. The molecule has 1 atom stereocenters. The van der Waals surface area contributed by atoms with Gasteiger partial charge in [-0.15, -0.1) is 0 Å². The predicted molar refractivity (Wildman–Crippen MR) is 116 cm³/mol. The summed E-state index contributed by atoms with van der Waals surface area (Å²) in [6.07, 6.45) is 1.28. The molecular formula is C22H28N2O5S. The largest absolute Gasteiger partial charge is 0.497 e. The lowest BCUT2D eigenvalue weighted by molar-refractivity contribution is -0.120. The third kappa shape index (κ3) is 5.12. The molecule has 0 bridgehead atoms. The highest BCUT2D eigenvalue weighted by molar-refractivity contribution is 7.88. The van der Waals surface area contributed by atoms with Crippen LogP contribution in [0.4, 0.5) is 5.69 Å². The van der Waals surface area contributed by atoms with Crippen molar-refractivity contribution in [2.24, 2.45) is 5.92 Å². The molecule has 30 heavy (non-hydrogen) atoms. The van der Waals surface area contributed by atoms with Crippen LogP contribution in [-0.2, 0) is 20.6 Å². The Labute approximate surface area is 178 Å². The Bertz CT molecular complexity index is 1010. The third-order valence-electron chi connectivity index (χ3n) is 5.41. The molecule has 1 N–H and O–H groups in total. The fourth-order valence-electron chi connectivity index (χ4n) is 3.61. The van der Waals surface area contributed by atoms with E-state index in [-0.39, 0.29) is 18.2 Å². The molecule has 1 aliphatic rings. The molecule has 0 unspecified atom stereocenters. The van der Waals surface area contributed by atoms with Crippen molar-refractivity contribution in [2.45, 2.75) is 25.5 Å². The van der Waals surface area contributed by atoms with Crippen LogP contribution in [0.25, 0.3) is 0 Å². The van der Waals surface area contributed by atoms with Crippen molar-refractivity contribution in [1.82, 2.24) is 4.31 Å². The smallest absolute Gasteiger partial charge is 0.228 e. The summed E-state index contributed by atoms with van der Waals surface area (Å²) in [6, 6.07) is 12.6. The van der Waals surface area contributed by atoms with Crippen LogP contribution in [0, 0.1) is 12.8 Å². The molecule has 2 aromatic carbocycles. The zero-order valence-electron chi connectivity index (χ0n) is 17.6. The van der Waals surface area contributed by atoms with Crippen LogP contribution in [0.1, 0.15) is 24.0 Å². The van der Waals surface area contributed by atoms with Crippen molar-refractivity contribution < 1.29 is 22.7 Å². The van der Waals surface area contributed by atoms with E-state index in [2.05, 4.69) is 5.32 Å². The fraction of sp³-hybridized carbons (Fsp3) is 0.409. The first-order valence-corrected chi connectivity index (χ1v) is 11.5. The third-order valence-corrected chi connectivity index (χ3v) is 7.21. The molecule has 1 fully saturated rings. The number of carbonyl (C=O) groups is 1.